The zero-order valence-electron chi connectivity index (χ0n) is 10.8. The van der Waals surface area contributed by atoms with Crippen molar-refractivity contribution in [3.8, 4) is 0 Å². The van der Waals surface area contributed by atoms with Crippen molar-refractivity contribution in [2.45, 2.75) is 45.6 Å². The predicted octanol–water partition coefficient (Wildman–Crippen LogP) is 3.92. The largest absolute Gasteiger partial charge is 0.412 e. The quantitative estimate of drug-likeness (QED) is 0.662. The van der Waals surface area contributed by atoms with Crippen molar-refractivity contribution in [3.05, 3.63) is 42.0 Å². The summed E-state index contributed by atoms with van der Waals surface area (Å²) in [6.07, 6.45) is 4.52. The van der Waals surface area contributed by atoms with Gasteiger partial charge in [-0.3, -0.25) is 0 Å². The topological polar surface area (TPSA) is 9.23 Å². The minimum Gasteiger partial charge on any atom is -0.412 e. The van der Waals surface area contributed by atoms with Crippen LogP contribution in [0.15, 0.2) is 30.8 Å². The van der Waals surface area contributed by atoms with Crippen molar-refractivity contribution >= 4 is 16.1 Å². The molecule has 0 fully saturated rings. The van der Waals surface area contributed by atoms with E-state index in [-0.39, 0.29) is 6.10 Å². The minimum atomic E-state index is 0.0504. The molecule has 0 aliphatic rings. The molecular formula is C15H21OSi. The van der Waals surface area contributed by atoms with E-state index >= 15 is 0 Å². The summed E-state index contributed by atoms with van der Waals surface area (Å²) in [5.74, 6) is 0. The highest BCUT2D eigenvalue weighted by molar-refractivity contribution is 5.98. The summed E-state index contributed by atoms with van der Waals surface area (Å²) in [4.78, 5) is 0. The fraction of sp³-hybridized carbons (Fsp3) is 0.467. The summed E-state index contributed by atoms with van der Waals surface area (Å²) >= 11 is 0. The van der Waals surface area contributed by atoms with E-state index in [1.807, 2.05) is 0 Å². The van der Waals surface area contributed by atoms with Crippen LogP contribution in [0.4, 0.5) is 0 Å². The maximum atomic E-state index is 5.28. The normalized spacial score (nSPS) is 12.4. The van der Waals surface area contributed by atoms with Crippen LogP contribution in [0.2, 0.25) is 0 Å². The van der Waals surface area contributed by atoms with Crippen LogP contribution in [-0.4, -0.2) is 16.6 Å². The number of aryl methyl sites for hydroxylation is 1. The molecule has 0 heterocycles. The van der Waals surface area contributed by atoms with Gasteiger partial charge in [-0.25, -0.2) is 0 Å². The molecule has 0 spiro atoms. The number of hydrogen-bond acceptors (Lipinski definition) is 1. The molecule has 3 radical (unpaired) electrons. The highest BCUT2D eigenvalue weighted by Gasteiger charge is 2.13. The number of rotatable bonds is 7. The lowest BCUT2D eigenvalue weighted by Gasteiger charge is -2.19. The van der Waals surface area contributed by atoms with Gasteiger partial charge in [-0.05, 0) is 36.0 Å². The summed E-state index contributed by atoms with van der Waals surface area (Å²) in [6, 6.07) is 8.49. The molecule has 0 aliphatic carbocycles. The zero-order chi connectivity index (χ0) is 12.7. The Balaban J connectivity index is 2.91. The Kier molecular flexibility index (Phi) is 6.23. The Bertz CT molecular complexity index is 356. The van der Waals surface area contributed by atoms with E-state index < -0.39 is 0 Å². The first-order chi connectivity index (χ1) is 8.24. The number of unbranched alkanes of at least 4 members (excludes halogenated alkanes) is 1. The van der Waals surface area contributed by atoms with Gasteiger partial charge < -0.3 is 4.43 Å². The van der Waals surface area contributed by atoms with Gasteiger partial charge in [-0.15, -0.1) is 0 Å². The van der Waals surface area contributed by atoms with Gasteiger partial charge in [0.15, 0.2) is 0 Å². The molecule has 2 heteroatoms. The first-order valence-electron chi connectivity index (χ1n) is 6.34. The van der Waals surface area contributed by atoms with Crippen LogP contribution >= 0.6 is 0 Å². The molecule has 1 atom stereocenters. The Hall–Kier alpha value is -0.863. The molecule has 17 heavy (non-hydrogen) atoms. The Morgan fingerprint density at radius 3 is 2.65 bits per heavy atom. The fourth-order valence-corrected chi connectivity index (χ4v) is 2.30. The van der Waals surface area contributed by atoms with Crippen LogP contribution in [0, 0.1) is 0 Å². The first kappa shape index (κ1) is 14.2. The Morgan fingerprint density at radius 1 is 1.35 bits per heavy atom. The molecule has 0 N–H and O–H groups in total. The van der Waals surface area contributed by atoms with Crippen LogP contribution in [0.5, 0.6) is 0 Å². The van der Waals surface area contributed by atoms with Crippen LogP contribution in [0.25, 0.3) is 5.57 Å². The average Bonchev–Trinajstić information content (AvgIpc) is 2.38. The summed E-state index contributed by atoms with van der Waals surface area (Å²) in [7, 11) is 3.14. The van der Waals surface area contributed by atoms with E-state index in [1.165, 1.54) is 24.0 Å². The summed E-state index contributed by atoms with van der Waals surface area (Å²) in [5.41, 5.74) is 3.68. The molecule has 91 valence electrons. The second-order valence-corrected chi connectivity index (χ2v) is 4.54. The smallest absolute Gasteiger partial charge is 0.247 e. The van der Waals surface area contributed by atoms with Crippen molar-refractivity contribution in [3.63, 3.8) is 0 Å². The van der Waals surface area contributed by atoms with Crippen LogP contribution in [-0.2, 0) is 10.8 Å². The highest BCUT2D eigenvalue weighted by atomic mass is 28.2. The molecule has 0 amide bonds. The van der Waals surface area contributed by atoms with Gasteiger partial charge in [-0.1, -0.05) is 51.1 Å². The molecule has 1 unspecified atom stereocenters. The molecule has 0 saturated heterocycles. The van der Waals surface area contributed by atoms with E-state index in [2.05, 4.69) is 55.2 Å². The lowest BCUT2D eigenvalue weighted by Crippen LogP contribution is -2.12. The molecule has 0 aliphatic heterocycles. The van der Waals surface area contributed by atoms with Gasteiger partial charge in [0.1, 0.15) is 0 Å². The zero-order valence-corrected chi connectivity index (χ0v) is 11.8. The third-order valence-electron chi connectivity index (χ3n) is 3.06. The van der Waals surface area contributed by atoms with Crippen LogP contribution in [0.3, 0.4) is 0 Å². The molecule has 1 nitrogen and oxygen atoms in total. The second kappa shape index (κ2) is 7.46. The standard InChI is InChI=1S/C15H21OSi/c1-4-6-9-13-10-7-8-11-14(13)12(3)15(5-2)16-17/h7-8,10-11,15H,3-6,9H2,1-2H3. The van der Waals surface area contributed by atoms with Gasteiger partial charge in [-0.2, -0.15) is 0 Å². The van der Waals surface area contributed by atoms with Gasteiger partial charge in [0.25, 0.3) is 0 Å². The lowest BCUT2D eigenvalue weighted by atomic mass is 9.93. The monoisotopic (exact) mass is 245 g/mol. The maximum absolute atomic E-state index is 5.28. The van der Waals surface area contributed by atoms with Gasteiger partial charge in [0.2, 0.25) is 10.5 Å². The molecular weight excluding hydrogens is 224 g/mol. The number of benzene rings is 1. The fourth-order valence-electron chi connectivity index (χ4n) is 1.99. The second-order valence-electron chi connectivity index (χ2n) is 4.30. The van der Waals surface area contributed by atoms with Crippen LogP contribution in [0.1, 0.15) is 44.2 Å². The van der Waals surface area contributed by atoms with E-state index in [0.29, 0.717) is 0 Å². The molecule has 1 aromatic rings. The lowest BCUT2D eigenvalue weighted by molar-refractivity contribution is 0.279. The first-order valence-corrected chi connectivity index (χ1v) is 6.74. The average molecular weight is 245 g/mol. The van der Waals surface area contributed by atoms with Gasteiger partial charge in [0.05, 0.1) is 6.10 Å². The SMILES string of the molecule is C=C(c1ccccc1CCCC)C(CC)O[Si]. The number of hydrogen-bond donors (Lipinski definition) is 0. The Morgan fingerprint density at radius 2 is 2.06 bits per heavy atom. The van der Waals surface area contributed by atoms with Crippen molar-refractivity contribution in [1.82, 2.24) is 0 Å². The third-order valence-corrected chi connectivity index (χ3v) is 3.35. The molecule has 0 saturated carbocycles. The summed E-state index contributed by atoms with van der Waals surface area (Å²) in [5, 5.41) is 0. The Labute approximate surface area is 108 Å². The van der Waals surface area contributed by atoms with Crippen LogP contribution < -0.4 is 0 Å². The van der Waals surface area contributed by atoms with Crippen molar-refractivity contribution in [2.24, 2.45) is 0 Å². The third kappa shape index (κ3) is 3.82. The highest BCUT2D eigenvalue weighted by Crippen LogP contribution is 2.25. The molecule has 0 bridgehead atoms. The van der Waals surface area contributed by atoms with E-state index in [1.54, 1.807) is 0 Å². The summed E-state index contributed by atoms with van der Waals surface area (Å²) < 4.78 is 5.28. The van der Waals surface area contributed by atoms with Crippen molar-refractivity contribution < 1.29 is 4.43 Å². The van der Waals surface area contributed by atoms with Gasteiger partial charge >= 0.3 is 0 Å². The maximum Gasteiger partial charge on any atom is 0.247 e. The van der Waals surface area contributed by atoms with E-state index in [9.17, 15) is 0 Å². The molecule has 0 aromatic heterocycles. The van der Waals surface area contributed by atoms with E-state index in [4.69, 9.17) is 4.43 Å². The molecule has 1 aromatic carbocycles. The van der Waals surface area contributed by atoms with Gasteiger partial charge in [0, 0.05) is 0 Å². The minimum absolute atomic E-state index is 0.0504. The molecule has 1 rings (SSSR count). The van der Waals surface area contributed by atoms with Crippen molar-refractivity contribution in [1.29, 1.82) is 0 Å². The van der Waals surface area contributed by atoms with Crippen molar-refractivity contribution in [2.75, 3.05) is 0 Å². The van der Waals surface area contributed by atoms with E-state index in [0.717, 1.165) is 18.4 Å². The summed E-state index contributed by atoms with van der Waals surface area (Å²) in [6.45, 7) is 8.50. The predicted molar refractivity (Wildman–Crippen MR) is 75.0 cm³/mol.